The standard InChI is InChI=1S/C12H13ClS/c13-11-3-1-2-10-9(8-4-5-8)6-7-14-12(10)11/h1-3,8-9H,4-7H2. The summed E-state index contributed by atoms with van der Waals surface area (Å²) in [5.74, 6) is 3.02. The minimum atomic E-state index is 0.810. The summed E-state index contributed by atoms with van der Waals surface area (Å²) in [6.07, 6.45) is 4.21. The second kappa shape index (κ2) is 3.46. The highest BCUT2D eigenvalue weighted by atomic mass is 35.5. The van der Waals surface area contributed by atoms with Crippen molar-refractivity contribution in [1.29, 1.82) is 0 Å². The minimum absolute atomic E-state index is 0.810. The molecule has 1 aromatic rings. The van der Waals surface area contributed by atoms with E-state index in [4.69, 9.17) is 11.6 Å². The molecule has 14 heavy (non-hydrogen) atoms. The molecule has 0 spiro atoms. The van der Waals surface area contributed by atoms with Crippen LogP contribution in [0.15, 0.2) is 23.1 Å². The Morgan fingerprint density at radius 2 is 2.07 bits per heavy atom. The van der Waals surface area contributed by atoms with Crippen LogP contribution >= 0.6 is 23.4 Å². The van der Waals surface area contributed by atoms with Gasteiger partial charge in [0.05, 0.1) is 5.02 Å². The second-order valence-corrected chi connectivity index (χ2v) is 5.75. The van der Waals surface area contributed by atoms with Gasteiger partial charge in [0, 0.05) is 4.90 Å². The molecule has 0 amide bonds. The van der Waals surface area contributed by atoms with Gasteiger partial charge in [-0.15, -0.1) is 11.8 Å². The van der Waals surface area contributed by atoms with Crippen molar-refractivity contribution >= 4 is 23.4 Å². The zero-order valence-electron chi connectivity index (χ0n) is 8.00. The van der Waals surface area contributed by atoms with Gasteiger partial charge in [-0.05, 0) is 48.5 Å². The summed E-state index contributed by atoms with van der Waals surface area (Å²) >= 11 is 8.14. The van der Waals surface area contributed by atoms with Gasteiger partial charge in [-0.25, -0.2) is 0 Å². The summed E-state index contributed by atoms with van der Waals surface area (Å²) in [6.45, 7) is 0. The highest BCUT2D eigenvalue weighted by Crippen LogP contribution is 2.51. The van der Waals surface area contributed by atoms with Gasteiger partial charge in [-0.1, -0.05) is 23.7 Å². The quantitative estimate of drug-likeness (QED) is 0.684. The van der Waals surface area contributed by atoms with Crippen molar-refractivity contribution in [3.63, 3.8) is 0 Å². The maximum Gasteiger partial charge on any atom is 0.0544 e. The first-order chi connectivity index (χ1) is 6.86. The lowest BCUT2D eigenvalue weighted by atomic mass is 9.91. The summed E-state index contributed by atoms with van der Waals surface area (Å²) in [6, 6.07) is 6.39. The van der Waals surface area contributed by atoms with E-state index in [1.54, 1.807) is 0 Å². The van der Waals surface area contributed by atoms with Gasteiger partial charge < -0.3 is 0 Å². The fraction of sp³-hybridized carbons (Fsp3) is 0.500. The molecule has 1 saturated carbocycles. The SMILES string of the molecule is Clc1cccc2c1SCCC2C1CC1. The maximum atomic E-state index is 6.21. The van der Waals surface area contributed by atoms with E-state index >= 15 is 0 Å². The minimum Gasteiger partial charge on any atom is -0.124 e. The fourth-order valence-electron chi connectivity index (χ4n) is 2.40. The number of rotatable bonds is 1. The molecule has 2 heteroatoms. The van der Waals surface area contributed by atoms with Crippen molar-refractivity contribution in [3.05, 3.63) is 28.8 Å². The van der Waals surface area contributed by atoms with Crippen LogP contribution in [-0.4, -0.2) is 5.75 Å². The van der Waals surface area contributed by atoms with E-state index in [9.17, 15) is 0 Å². The van der Waals surface area contributed by atoms with E-state index in [-0.39, 0.29) is 0 Å². The molecule has 3 rings (SSSR count). The molecular weight excluding hydrogens is 212 g/mol. The molecule has 1 aliphatic carbocycles. The molecule has 0 nitrogen and oxygen atoms in total. The summed E-state index contributed by atoms with van der Waals surface area (Å²) in [7, 11) is 0. The van der Waals surface area contributed by atoms with Gasteiger partial charge in [0.15, 0.2) is 0 Å². The molecule has 0 aromatic heterocycles. The van der Waals surface area contributed by atoms with Crippen LogP contribution < -0.4 is 0 Å². The molecule has 0 N–H and O–H groups in total. The largest absolute Gasteiger partial charge is 0.124 e. The molecule has 1 aliphatic heterocycles. The number of benzene rings is 1. The Bertz CT molecular complexity index is 357. The van der Waals surface area contributed by atoms with Gasteiger partial charge in [0.25, 0.3) is 0 Å². The normalized spacial score (nSPS) is 25.9. The number of fused-ring (bicyclic) bond motifs is 1. The van der Waals surface area contributed by atoms with E-state index in [1.165, 1.54) is 35.5 Å². The van der Waals surface area contributed by atoms with E-state index in [0.29, 0.717) is 0 Å². The van der Waals surface area contributed by atoms with Crippen molar-refractivity contribution in [2.24, 2.45) is 5.92 Å². The zero-order valence-corrected chi connectivity index (χ0v) is 9.57. The van der Waals surface area contributed by atoms with Gasteiger partial charge in [0.1, 0.15) is 0 Å². The Balaban J connectivity index is 2.05. The van der Waals surface area contributed by atoms with E-state index in [2.05, 4.69) is 12.1 Å². The van der Waals surface area contributed by atoms with Crippen molar-refractivity contribution in [1.82, 2.24) is 0 Å². The first-order valence-corrected chi connectivity index (χ1v) is 6.64. The maximum absolute atomic E-state index is 6.21. The average Bonchev–Trinajstić information content (AvgIpc) is 3.01. The molecule has 1 fully saturated rings. The van der Waals surface area contributed by atoms with E-state index in [1.807, 2.05) is 17.8 Å². The third kappa shape index (κ3) is 1.47. The van der Waals surface area contributed by atoms with Crippen molar-refractivity contribution in [3.8, 4) is 0 Å². The van der Waals surface area contributed by atoms with Gasteiger partial charge in [-0.3, -0.25) is 0 Å². The predicted molar refractivity (Wildman–Crippen MR) is 62.3 cm³/mol. The molecule has 1 aromatic carbocycles. The Kier molecular flexibility index (Phi) is 2.25. The van der Waals surface area contributed by atoms with Crippen LogP contribution in [0.2, 0.25) is 5.02 Å². The summed E-state index contributed by atoms with van der Waals surface area (Å²) < 4.78 is 0. The van der Waals surface area contributed by atoms with Crippen molar-refractivity contribution < 1.29 is 0 Å². The molecule has 1 unspecified atom stereocenters. The Labute approximate surface area is 94.0 Å². The first-order valence-electron chi connectivity index (χ1n) is 5.27. The van der Waals surface area contributed by atoms with E-state index < -0.39 is 0 Å². The van der Waals surface area contributed by atoms with Crippen LogP contribution in [-0.2, 0) is 0 Å². The molecule has 0 radical (unpaired) electrons. The van der Waals surface area contributed by atoms with Crippen LogP contribution in [0.4, 0.5) is 0 Å². The lowest BCUT2D eigenvalue weighted by Crippen LogP contribution is -2.09. The second-order valence-electron chi connectivity index (χ2n) is 4.24. The molecule has 1 heterocycles. The monoisotopic (exact) mass is 224 g/mol. The fourth-order valence-corrected chi connectivity index (χ4v) is 3.91. The van der Waals surface area contributed by atoms with Crippen molar-refractivity contribution in [2.75, 3.05) is 5.75 Å². The van der Waals surface area contributed by atoms with Crippen LogP contribution in [0, 0.1) is 5.92 Å². The van der Waals surface area contributed by atoms with Crippen LogP contribution in [0.3, 0.4) is 0 Å². The third-order valence-electron chi connectivity index (χ3n) is 3.26. The Morgan fingerprint density at radius 1 is 1.21 bits per heavy atom. The number of halogens is 1. The summed E-state index contributed by atoms with van der Waals surface area (Å²) in [5.41, 5.74) is 1.52. The number of thioether (sulfide) groups is 1. The topological polar surface area (TPSA) is 0 Å². The summed E-state index contributed by atoms with van der Waals surface area (Å²) in [4.78, 5) is 1.36. The molecule has 0 saturated heterocycles. The number of hydrogen-bond donors (Lipinski definition) is 0. The Hall–Kier alpha value is -0.140. The van der Waals surface area contributed by atoms with Crippen LogP contribution in [0.25, 0.3) is 0 Å². The molecular formula is C12H13ClS. The average molecular weight is 225 g/mol. The highest BCUT2D eigenvalue weighted by Gasteiger charge is 2.35. The van der Waals surface area contributed by atoms with Crippen LogP contribution in [0.5, 0.6) is 0 Å². The predicted octanol–water partition coefficient (Wildman–Crippen LogP) is 4.33. The van der Waals surface area contributed by atoms with E-state index in [0.717, 1.165) is 16.9 Å². The van der Waals surface area contributed by atoms with Gasteiger partial charge >= 0.3 is 0 Å². The first kappa shape index (κ1) is 9.11. The molecule has 1 atom stereocenters. The lowest BCUT2D eigenvalue weighted by molar-refractivity contribution is 0.574. The number of hydrogen-bond acceptors (Lipinski definition) is 1. The van der Waals surface area contributed by atoms with Crippen LogP contribution in [0.1, 0.15) is 30.7 Å². The Morgan fingerprint density at radius 3 is 2.86 bits per heavy atom. The highest BCUT2D eigenvalue weighted by molar-refractivity contribution is 7.99. The molecule has 2 aliphatic rings. The van der Waals surface area contributed by atoms with Gasteiger partial charge in [-0.2, -0.15) is 0 Å². The smallest absolute Gasteiger partial charge is 0.0544 e. The molecule has 74 valence electrons. The van der Waals surface area contributed by atoms with Crippen molar-refractivity contribution in [2.45, 2.75) is 30.1 Å². The van der Waals surface area contributed by atoms with Gasteiger partial charge in [0.2, 0.25) is 0 Å². The lowest BCUT2D eigenvalue weighted by Gasteiger charge is -2.25. The third-order valence-corrected chi connectivity index (χ3v) is 4.87. The summed E-state index contributed by atoms with van der Waals surface area (Å²) in [5, 5.41) is 0.956. The zero-order chi connectivity index (χ0) is 9.54. The molecule has 0 bridgehead atoms.